The number of carbonyl (C=O) groups excluding carboxylic acids is 2. The number of nitrogens with two attached hydrogens (primary N) is 1. The van der Waals surface area contributed by atoms with Gasteiger partial charge in [0.15, 0.2) is 6.29 Å². The molecular weight excluding hydrogens is 511 g/mol. The van der Waals surface area contributed by atoms with E-state index >= 15 is 0 Å². The number of amides is 1. The van der Waals surface area contributed by atoms with Crippen LogP contribution in [0, 0.1) is 5.92 Å². The molecule has 4 unspecified atom stereocenters. The van der Waals surface area contributed by atoms with Gasteiger partial charge in [-0.25, -0.2) is 4.57 Å². The summed E-state index contributed by atoms with van der Waals surface area (Å²) in [7, 11) is -4.70. The Balaban J connectivity index is 2.48. The Morgan fingerprint density at radius 3 is 2.39 bits per heavy atom. The first-order valence-electron chi connectivity index (χ1n) is 11.2. The van der Waals surface area contributed by atoms with Crippen LogP contribution in [0.4, 0.5) is 0 Å². The van der Waals surface area contributed by atoms with E-state index < -0.39 is 89.0 Å². The predicted molar refractivity (Wildman–Crippen MR) is 119 cm³/mol. The number of phosphoric ester groups is 1. The van der Waals surface area contributed by atoms with Crippen LogP contribution in [0.25, 0.3) is 0 Å². The van der Waals surface area contributed by atoms with Crippen LogP contribution in [0.5, 0.6) is 0 Å². The number of Topliss-reactive ketones (excluding diaryl/α,β-unsaturated/α-hetero) is 1. The third-order valence-corrected chi connectivity index (χ3v) is 6.38. The van der Waals surface area contributed by atoms with Gasteiger partial charge < -0.3 is 56.1 Å². The van der Waals surface area contributed by atoms with Crippen molar-refractivity contribution in [1.82, 2.24) is 5.32 Å². The molecule has 0 aromatic rings. The van der Waals surface area contributed by atoms with Crippen LogP contribution < -0.4 is 11.1 Å². The predicted octanol–water partition coefficient (Wildman–Crippen LogP) is -4.28. The molecule has 9 atom stereocenters. The van der Waals surface area contributed by atoms with Crippen molar-refractivity contribution in [1.29, 1.82) is 0 Å². The van der Waals surface area contributed by atoms with Gasteiger partial charge in [0.1, 0.15) is 36.3 Å². The third-order valence-electron chi connectivity index (χ3n) is 5.40. The third kappa shape index (κ3) is 10.7. The van der Waals surface area contributed by atoms with Gasteiger partial charge in [-0.2, -0.15) is 0 Å². The number of hydrogen-bond acceptors (Lipinski definition) is 14. The van der Waals surface area contributed by atoms with Gasteiger partial charge in [-0.15, -0.1) is 0 Å². The lowest BCUT2D eigenvalue weighted by molar-refractivity contribution is -0.306. The fraction of sp³-hybridized carbons (Fsp3) is 0.895. The fourth-order valence-corrected chi connectivity index (χ4v) is 3.87. The zero-order valence-electron chi connectivity index (χ0n) is 19.8. The van der Waals surface area contributed by atoms with Crippen LogP contribution in [0.1, 0.15) is 19.8 Å². The van der Waals surface area contributed by atoms with Crippen molar-refractivity contribution in [3.63, 3.8) is 0 Å². The lowest BCUT2D eigenvalue weighted by Crippen LogP contribution is -2.57. The Morgan fingerprint density at radius 1 is 1.14 bits per heavy atom. The Morgan fingerprint density at radius 2 is 1.81 bits per heavy atom. The SMILES string of the molecule is CC1C(O[C@H](CO)[C@@H](O)[C@@H](O)COP(=O)(O)OCCNC(=O)CCC(=O)CN)OC(CO)[C@@H](O)[C@@H]1O. The summed E-state index contributed by atoms with van der Waals surface area (Å²) in [5.74, 6) is -1.63. The summed E-state index contributed by atoms with van der Waals surface area (Å²) in [4.78, 5) is 32.3. The van der Waals surface area contributed by atoms with E-state index in [4.69, 9.17) is 15.2 Å². The minimum atomic E-state index is -4.70. The van der Waals surface area contributed by atoms with Crippen LogP contribution in [0.15, 0.2) is 0 Å². The van der Waals surface area contributed by atoms with Crippen LogP contribution in [0.2, 0.25) is 0 Å². The topological polar surface area (TPSA) is 268 Å². The fourth-order valence-electron chi connectivity index (χ4n) is 3.13. The van der Waals surface area contributed by atoms with E-state index in [1.807, 2.05) is 0 Å². The van der Waals surface area contributed by atoms with E-state index in [1.165, 1.54) is 6.92 Å². The maximum atomic E-state index is 11.9. The Labute approximate surface area is 207 Å². The summed E-state index contributed by atoms with van der Waals surface area (Å²) in [5, 5.41) is 61.5. The van der Waals surface area contributed by atoms with Gasteiger partial charge in [-0.1, -0.05) is 6.92 Å². The molecule has 1 fully saturated rings. The van der Waals surface area contributed by atoms with Crippen molar-refractivity contribution in [3.8, 4) is 0 Å². The molecule has 1 heterocycles. The van der Waals surface area contributed by atoms with Gasteiger partial charge in [-0.3, -0.25) is 18.6 Å². The molecule has 0 spiro atoms. The molecule has 1 aliphatic rings. The summed E-state index contributed by atoms with van der Waals surface area (Å²) < 4.78 is 32.0. The first-order valence-corrected chi connectivity index (χ1v) is 12.7. The number of rotatable bonds is 17. The van der Waals surface area contributed by atoms with E-state index in [-0.39, 0.29) is 31.7 Å². The smallest absolute Gasteiger partial charge is 0.394 e. The Kier molecular flexibility index (Phi) is 14.6. The lowest BCUT2D eigenvalue weighted by atomic mass is 9.92. The first-order chi connectivity index (χ1) is 16.9. The van der Waals surface area contributed by atoms with Crippen molar-refractivity contribution in [2.24, 2.45) is 11.7 Å². The largest absolute Gasteiger partial charge is 0.472 e. The highest BCUT2D eigenvalue weighted by Crippen LogP contribution is 2.43. The van der Waals surface area contributed by atoms with Gasteiger partial charge in [0.2, 0.25) is 5.91 Å². The number of ether oxygens (including phenoxy) is 2. The molecule has 0 radical (unpaired) electrons. The number of aliphatic hydroxyl groups excluding tert-OH is 6. The highest BCUT2D eigenvalue weighted by Gasteiger charge is 2.44. The van der Waals surface area contributed by atoms with Crippen LogP contribution in [0.3, 0.4) is 0 Å². The van der Waals surface area contributed by atoms with Gasteiger partial charge in [0.25, 0.3) is 0 Å². The Hall–Kier alpha value is -1.11. The number of phosphoric acid groups is 1. The zero-order chi connectivity index (χ0) is 27.5. The average molecular weight is 548 g/mol. The van der Waals surface area contributed by atoms with Crippen LogP contribution in [-0.4, -0.2) is 130 Å². The molecule has 16 nitrogen and oxygen atoms in total. The molecular formula is C19H37N2O14P. The normalized spacial score (nSPS) is 28.6. The highest BCUT2D eigenvalue weighted by atomic mass is 31.2. The second kappa shape index (κ2) is 16.0. The molecule has 17 heteroatoms. The molecule has 0 aliphatic carbocycles. The quantitative estimate of drug-likeness (QED) is 0.0615. The first kappa shape index (κ1) is 32.9. The monoisotopic (exact) mass is 548 g/mol. The van der Waals surface area contributed by atoms with Crippen LogP contribution >= 0.6 is 7.82 Å². The standard InChI is InChI=1S/C19H37N2O14P/c1-10-16(27)18(29)14(8-23)35-19(10)34-13(7-22)17(28)12(25)9-33-36(30,31)32-5-4-21-15(26)3-2-11(24)6-20/h10,12-14,16-19,22-23,25,27-29H,2-9,20H2,1H3,(H,21,26)(H,30,31)/t10?,12-,13+,14?,16+,17-,18+,19?/m0/s1. The number of aliphatic hydroxyl groups is 6. The summed E-state index contributed by atoms with van der Waals surface area (Å²) in [6, 6.07) is 0. The van der Waals surface area contributed by atoms with Gasteiger partial charge >= 0.3 is 7.82 Å². The maximum Gasteiger partial charge on any atom is 0.472 e. The second-order valence-corrected chi connectivity index (χ2v) is 9.62. The van der Waals surface area contributed by atoms with Crippen molar-refractivity contribution in [2.75, 3.05) is 39.5 Å². The molecule has 1 amide bonds. The summed E-state index contributed by atoms with van der Waals surface area (Å²) in [6.07, 6.45) is -10.6. The molecule has 212 valence electrons. The summed E-state index contributed by atoms with van der Waals surface area (Å²) in [6.45, 7) is -1.74. The molecule has 10 N–H and O–H groups in total. The summed E-state index contributed by atoms with van der Waals surface area (Å²) >= 11 is 0. The minimum Gasteiger partial charge on any atom is -0.394 e. The van der Waals surface area contributed by atoms with Crippen molar-refractivity contribution < 1.29 is 68.2 Å². The highest BCUT2D eigenvalue weighted by molar-refractivity contribution is 7.47. The van der Waals surface area contributed by atoms with Gasteiger partial charge in [-0.05, 0) is 0 Å². The second-order valence-electron chi connectivity index (χ2n) is 8.17. The van der Waals surface area contributed by atoms with E-state index in [0.717, 1.165) is 0 Å². The van der Waals surface area contributed by atoms with E-state index in [1.54, 1.807) is 0 Å². The minimum absolute atomic E-state index is 0.0418. The van der Waals surface area contributed by atoms with E-state index in [9.17, 15) is 49.7 Å². The average Bonchev–Trinajstić information content (AvgIpc) is 2.86. The van der Waals surface area contributed by atoms with Crippen molar-refractivity contribution in [2.45, 2.75) is 62.7 Å². The zero-order valence-corrected chi connectivity index (χ0v) is 20.7. The van der Waals surface area contributed by atoms with Crippen LogP contribution in [-0.2, 0) is 32.7 Å². The number of carbonyl (C=O) groups is 2. The number of ketones is 1. The molecule has 1 saturated heterocycles. The lowest BCUT2D eigenvalue weighted by Gasteiger charge is -2.42. The van der Waals surface area contributed by atoms with E-state index in [2.05, 4.69) is 14.4 Å². The molecule has 0 saturated carbocycles. The van der Waals surface area contributed by atoms with Gasteiger partial charge in [0, 0.05) is 25.3 Å². The molecule has 0 aromatic heterocycles. The van der Waals surface area contributed by atoms with Gasteiger partial charge in [0.05, 0.1) is 39.1 Å². The Bertz CT molecular complexity index is 728. The number of nitrogens with one attached hydrogen (secondary N) is 1. The maximum absolute atomic E-state index is 11.9. The molecule has 0 bridgehead atoms. The number of hydrogen-bond donors (Lipinski definition) is 9. The van der Waals surface area contributed by atoms with Crippen molar-refractivity contribution in [3.05, 3.63) is 0 Å². The molecule has 1 aliphatic heterocycles. The van der Waals surface area contributed by atoms with Crippen molar-refractivity contribution >= 4 is 19.5 Å². The molecule has 1 rings (SSSR count). The van der Waals surface area contributed by atoms with E-state index in [0.29, 0.717) is 0 Å². The molecule has 36 heavy (non-hydrogen) atoms. The molecule has 0 aromatic carbocycles. The summed E-state index contributed by atoms with van der Waals surface area (Å²) in [5.41, 5.74) is 5.13.